The fourth-order valence-corrected chi connectivity index (χ4v) is 2.84. The molecule has 8 nitrogen and oxygen atoms in total. The number of aliphatic hydroxyl groups is 1. The van der Waals surface area contributed by atoms with Gasteiger partial charge in [0.15, 0.2) is 0 Å². The number of aromatic nitrogens is 4. The first kappa shape index (κ1) is 15.1. The second-order valence-electron chi connectivity index (χ2n) is 5.69. The lowest BCUT2D eigenvalue weighted by Crippen LogP contribution is -2.31. The molecule has 0 spiro atoms. The van der Waals surface area contributed by atoms with E-state index in [1.165, 1.54) is 0 Å². The molecule has 1 aliphatic rings. The minimum Gasteiger partial charge on any atom is -0.510 e. The van der Waals surface area contributed by atoms with E-state index in [1.54, 1.807) is 23.4 Å². The van der Waals surface area contributed by atoms with E-state index in [-0.39, 0.29) is 11.6 Å². The molecule has 8 heteroatoms. The van der Waals surface area contributed by atoms with Gasteiger partial charge in [-0.1, -0.05) is 12.1 Å². The topological polar surface area (TPSA) is 114 Å². The summed E-state index contributed by atoms with van der Waals surface area (Å²) in [4.78, 5) is 17.6. The zero-order chi connectivity index (χ0) is 17.2. The van der Waals surface area contributed by atoms with E-state index in [9.17, 15) is 5.11 Å². The van der Waals surface area contributed by atoms with Gasteiger partial charge in [-0.3, -0.25) is 5.41 Å². The first-order valence-electron chi connectivity index (χ1n) is 7.94. The maximum Gasteiger partial charge on any atom is 0.222 e. The summed E-state index contributed by atoms with van der Waals surface area (Å²) in [5.74, 6) is 1.47. The molecule has 3 aromatic rings. The minimum absolute atomic E-state index is 0.153. The second-order valence-corrected chi connectivity index (χ2v) is 5.69. The quantitative estimate of drug-likeness (QED) is 0.567. The lowest BCUT2D eigenvalue weighted by Gasteiger charge is -2.18. The molecule has 4 rings (SSSR count). The number of rotatable bonds is 5. The van der Waals surface area contributed by atoms with Crippen LogP contribution in [0.5, 0.6) is 0 Å². The Morgan fingerprint density at radius 3 is 2.80 bits per heavy atom. The molecular formula is C17H17N7O. The minimum atomic E-state index is 0.153. The number of H-pyrrole nitrogens is 1. The van der Waals surface area contributed by atoms with Crippen LogP contribution in [0.1, 0.15) is 5.82 Å². The van der Waals surface area contributed by atoms with E-state index in [0.29, 0.717) is 37.0 Å². The van der Waals surface area contributed by atoms with E-state index in [4.69, 9.17) is 5.41 Å². The number of benzene rings is 1. The van der Waals surface area contributed by atoms with E-state index in [0.717, 1.165) is 11.0 Å². The van der Waals surface area contributed by atoms with Crippen molar-refractivity contribution >= 4 is 28.4 Å². The Morgan fingerprint density at radius 2 is 2.00 bits per heavy atom. The summed E-state index contributed by atoms with van der Waals surface area (Å²) in [6.45, 7) is 1.40. The van der Waals surface area contributed by atoms with Gasteiger partial charge in [-0.15, -0.1) is 0 Å². The van der Waals surface area contributed by atoms with Gasteiger partial charge in [0.1, 0.15) is 17.4 Å². The van der Waals surface area contributed by atoms with Crippen LogP contribution in [0.25, 0.3) is 16.6 Å². The van der Waals surface area contributed by atoms with Gasteiger partial charge in [0, 0.05) is 25.5 Å². The Hall–Kier alpha value is -3.42. The van der Waals surface area contributed by atoms with Gasteiger partial charge < -0.3 is 20.3 Å². The first-order valence-corrected chi connectivity index (χ1v) is 7.94. The lowest BCUT2D eigenvalue weighted by molar-refractivity contribution is 0.354. The van der Waals surface area contributed by atoms with Crippen molar-refractivity contribution in [2.75, 3.05) is 25.0 Å². The predicted molar refractivity (Wildman–Crippen MR) is 95.5 cm³/mol. The van der Waals surface area contributed by atoms with Crippen LogP contribution in [0.3, 0.4) is 0 Å². The molecule has 126 valence electrons. The van der Waals surface area contributed by atoms with Crippen LogP contribution in [0.15, 0.2) is 48.5 Å². The van der Waals surface area contributed by atoms with Crippen molar-refractivity contribution in [3.05, 3.63) is 54.3 Å². The number of hydrogen-bond acceptors (Lipinski definition) is 6. The summed E-state index contributed by atoms with van der Waals surface area (Å²) in [6.07, 6.45) is 3.33. The van der Waals surface area contributed by atoms with Crippen molar-refractivity contribution in [1.82, 2.24) is 24.8 Å². The number of aromatic amines is 1. The van der Waals surface area contributed by atoms with Crippen molar-refractivity contribution < 1.29 is 5.11 Å². The number of imidazole rings is 1. The van der Waals surface area contributed by atoms with Crippen molar-refractivity contribution in [1.29, 1.82) is 5.41 Å². The van der Waals surface area contributed by atoms with Crippen molar-refractivity contribution in [2.24, 2.45) is 0 Å². The van der Waals surface area contributed by atoms with Gasteiger partial charge in [-0.2, -0.15) is 0 Å². The molecule has 3 heterocycles. The number of hydrogen-bond donors (Lipinski definition) is 4. The van der Waals surface area contributed by atoms with E-state index in [2.05, 4.69) is 25.3 Å². The van der Waals surface area contributed by atoms with Crippen LogP contribution in [0, 0.1) is 5.41 Å². The van der Waals surface area contributed by atoms with Gasteiger partial charge in [-0.25, -0.2) is 15.0 Å². The van der Waals surface area contributed by atoms with Crippen molar-refractivity contribution in [2.45, 2.75) is 0 Å². The van der Waals surface area contributed by atoms with Gasteiger partial charge in [0.05, 0.1) is 23.2 Å². The van der Waals surface area contributed by atoms with Crippen LogP contribution in [0.4, 0.5) is 5.95 Å². The van der Waals surface area contributed by atoms with Gasteiger partial charge in [0.25, 0.3) is 0 Å². The Labute approximate surface area is 143 Å². The third-order valence-corrected chi connectivity index (χ3v) is 4.04. The lowest BCUT2D eigenvalue weighted by atomic mass is 10.2. The second kappa shape index (κ2) is 6.23. The summed E-state index contributed by atoms with van der Waals surface area (Å²) >= 11 is 0. The molecule has 0 bridgehead atoms. The number of anilines is 1. The van der Waals surface area contributed by atoms with Crippen molar-refractivity contribution in [3.8, 4) is 0 Å². The molecule has 1 aromatic carbocycles. The molecule has 2 aromatic heterocycles. The Bertz CT molecular complexity index is 915. The number of fused-ring (bicyclic) bond motifs is 1. The molecule has 0 saturated carbocycles. The Morgan fingerprint density at radius 1 is 1.20 bits per heavy atom. The average molecular weight is 335 g/mol. The maximum atomic E-state index is 10.3. The molecule has 4 N–H and O–H groups in total. The molecule has 0 amide bonds. The third-order valence-electron chi connectivity index (χ3n) is 4.04. The molecule has 25 heavy (non-hydrogen) atoms. The SMILES string of the molecule is N=C1C(c2nc3ccccc3[nH]2)=C(O)CN1CCNc1ncccn1. The highest BCUT2D eigenvalue weighted by molar-refractivity contribution is 6.23. The van der Waals surface area contributed by atoms with Gasteiger partial charge in [0.2, 0.25) is 5.95 Å². The fraction of sp³-hybridized carbons (Fsp3) is 0.176. The molecule has 0 atom stereocenters. The summed E-state index contributed by atoms with van der Waals surface area (Å²) < 4.78 is 0. The van der Waals surface area contributed by atoms with Crippen LogP contribution < -0.4 is 5.32 Å². The molecule has 0 unspecified atom stereocenters. The highest BCUT2D eigenvalue weighted by atomic mass is 16.3. The van der Waals surface area contributed by atoms with Crippen LogP contribution in [-0.2, 0) is 0 Å². The normalized spacial score (nSPS) is 14.6. The summed E-state index contributed by atoms with van der Waals surface area (Å²) in [7, 11) is 0. The third kappa shape index (κ3) is 2.89. The fourth-order valence-electron chi connectivity index (χ4n) is 2.84. The van der Waals surface area contributed by atoms with Gasteiger partial charge in [-0.05, 0) is 18.2 Å². The smallest absolute Gasteiger partial charge is 0.222 e. The van der Waals surface area contributed by atoms with Crippen LogP contribution in [0.2, 0.25) is 0 Å². The Balaban J connectivity index is 1.46. The molecule has 0 aliphatic carbocycles. The molecule has 0 saturated heterocycles. The zero-order valence-electron chi connectivity index (χ0n) is 13.4. The zero-order valence-corrected chi connectivity index (χ0v) is 13.4. The number of nitrogens with one attached hydrogen (secondary N) is 3. The number of nitrogens with zero attached hydrogens (tertiary/aromatic N) is 4. The Kier molecular flexibility index (Phi) is 3.77. The summed E-state index contributed by atoms with van der Waals surface area (Å²) in [6, 6.07) is 9.40. The number of aliphatic hydroxyl groups excluding tert-OH is 1. The monoisotopic (exact) mass is 335 g/mol. The molecule has 0 fully saturated rings. The van der Waals surface area contributed by atoms with Crippen molar-refractivity contribution in [3.63, 3.8) is 0 Å². The highest BCUT2D eigenvalue weighted by Crippen LogP contribution is 2.26. The molecule has 1 aliphatic heterocycles. The largest absolute Gasteiger partial charge is 0.510 e. The maximum absolute atomic E-state index is 10.3. The number of amidine groups is 1. The van der Waals surface area contributed by atoms with Gasteiger partial charge >= 0.3 is 0 Å². The molecule has 0 radical (unpaired) electrons. The molecular weight excluding hydrogens is 318 g/mol. The van der Waals surface area contributed by atoms with Crippen LogP contribution in [-0.4, -0.2) is 55.4 Å². The predicted octanol–water partition coefficient (Wildman–Crippen LogP) is 2.03. The van der Waals surface area contributed by atoms with E-state index >= 15 is 0 Å². The highest BCUT2D eigenvalue weighted by Gasteiger charge is 2.29. The summed E-state index contributed by atoms with van der Waals surface area (Å²) in [5.41, 5.74) is 2.14. The summed E-state index contributed by atoms with van der Waals surface area (Å²) in [5, 5.41) is 21.8. The average Bonchev–Trinajstić information content (AvgIpc) is 3.16. The standard InChI is InChI=1S/C17H17N7O/c18-15-14(16-22-11-4-1-2-5-12(11)23-16)13(25)10-24(15)9-8-21-17-19-6-3-7-20-17/h1-7,18,25H,8-10H2,(H,22,23)(H,19,20,21). The van der Waals surface area contributed by atoms with E-state index < -0.39 is 0 Å². The van der Waals surface area contributed by atoms with Crippen LogP contribution >= 0.6 is 0 Å². The number of para-hydroxylation sites is 2. The van der Waals surface area contributed by atoms with E-state index in [1.807, 2.05) is 24.3 Å². The first-order chi connectivity index (χ1) is 12.2.